The molecule has 4 aliphatic carbocycles. The number of fused-ring (bicyclic) bond motifs is 4. The van der Waals surface area contributed by atoms with Crippen molar-refractivity contribution in [3.8, 4) is 16.9 Å². The van der Waals surface area contributed by atoms with Crippen molar-refractivity contribution in [1.29, 1.82) is 0 Å². The highest BCUT2D eigenvalue weighted by Gasteiger charge is 2.35. The Kier molecular flexibility index (Phi) is 8.87. The highest BCUT2D eigenvalue weighted by molar-refractivity contribution is 6.02. The van der Waals surface area contributed by atoms with Crippen molar-refractivity contribution in [3.05, 3.63) is 246 Å². The van der Waals surface area contributed by atoms with Gasteiger partial charge in [-0.25, -0.2) is 0 Å². The van der Waals surface area contributed by atoms with Crippen molar-refractivity contribution in [3.63, 3.8) is 0 Å². The largest absolute Gasteiger partial charge is 0.485 e. The van der Waals surface area contributed by atoms with Crippen molar-refractivity contribution >= 4 is 49.9 Å². The van der Waals surface area contributed by atoms with Gasteiger partial charge in [0.05, 0.1) is 17.1 Å². The highest BCUT2D eigenvalue weighted by atomic mass is 16.5. The topological polar surface area (TPSA) is 15.7 Å². The monoisotopic (exact) mass is 796 g/mol. The molecule has 5 aliphatic rings. The average molecular weight is 797 g/mol. The van der Waals surface area contributed by atoms with Crippen LogP contribution < -0.4 is 14.5 Å². The fraction of sp³-hybridized carbons (Fsp3) is 0.102. The van der Waals surface area contributed by atoms with E-state index in [9.17, 15) is 0 Å². The van der Waals surface area contributed by atoms with Crippen LogP contribution in [0.25, 0.3) is 38.2 Å². The Labute approximate surface area is 363 Å². The molecule has 0 fully saturated rings. The first-order valence-electron chi connectivity index (χ1n) is 21.9. The van der Waals surface area contributed by atoms with Crippen LogP contribution in [0.3, 0.4) is 0 Å². The van der Waals surface area contributed by atoms with Gasteiger partial charge in [0.25, 0.3) is 0 Å². The standard InChI is InChI=1S/C59H44N2O/c1-3-13-40(14-4-1)42-27-31-47(32-28-42)60(55-25-12-20-45-18-9-23-52(45)55)49-35-36-53-54-24-10-21-46-37-50(39-58(59(46)54)62-57(53)38-49)61(56-26-11-19-44-17-7-8-22-51(44)56)48-33-29-43(30-34-48)41-15-5-2-6-16-41/h1-3,5-8,10-13,15-19,21-39,45,53,57H,4,14,20H2. The molecule has 0 spiro atoms. The molecule has 3 heteroatoms. The lowest BCUT2D eigenvalue weighted by Crippen LogP contribution is -2.32. The second-order valence-corrected chi connectivity index (χ2v) is 16.8. The molecule has 7 aromatic carbocycles. The van der Waals surface area contributed by atoms with Gasteiger partial charge in [-0.1, -0.05) is 140 Å². The average Bonchev–Trinajstić information content (AvgIpc) is 3.83. The first kappa shape index (κ1) is 36.3. The fourth-order valence-electron chi connectivity index (χ4n) is 10.1. The van der Waals surface area contributed by atoms with E-state index in [0.29, 0.717) is 5.92 Å². The van der Waals surface area contributed by atoms with E-state index in [4.69, 9.17) is 4.74 Å². The van der Waals surface area contributed by atoms with E-state index in [1.54, 1.807) is 0 Å². The van der Waals surface area contributed by atoms with Crippen LogP contribution in [0.2, 0.25) is 0 Å². The molecule has 0 amide bonds. The Morgan fingerprint density at radius 1 is 0.629 bits per heavy atom. The summed E-state index contributed by atoms with van der Waals surface area (Å²) < 4.78 is 7.27. The summed E-state index contributed by atoms with van der Waals surface area (Å²) >= 11 is 0. The highest BCUT2D eigenvalue weighted by Crippen LogP contribution is 2.49. The van der Waals surface area contributed by atoms with Crippen molar-refractivity contribution < 1.29 is 4.74 Å². The van der Waals surface area contributed by atoms with Crippen LogP contribution in [0.4, 0.5) is 22.7 Å². The van der Waals surface area contributed by atoms with Gasteiger partial charge in [0, 0.05) is 45.7 Å². The lowest BCUT2D eigenvalue weighted by atomic mass is 9.83. The van der Waals surface area contributed by atoms with E-state index in [-0.39, 0.29) is 12.0 Å². The molecule has 12 rings (SSSR count). The summed E-state index contributed by atoms with van der Waals surface area (Å²) in [7, 11) is 0. The predicted molar refractivity (Wildman–Crippen MR) is 258 cm³/mol. The number of rotatable bonds is 8. The Bertz CT molecular complexity index is 3170. The zero-order valence-corrected chi connectivity index (χ0v) is 34.4. The summed E-state index contributed by atoms with van der Waals surface area (Å²) in [6, 6.07) is 55.3. The molecule has 0 N–H and O–H groups in total. The molecular formula is C59H44N2O. The Morgan fingerprint density at radius 3 is 2.24 bits per heavy atom. The number of hydrogen-bond donors (Lipinski definition) is 0. The minimum Gasteiger partial charge on any atom is -0.485 e. The molecular weight excluding hydrogens is 753 g/mol. The maximum atomic E-state index is 7.27. The van der Waals surface area contributed by atoms with Crippen molar-refractivity contribution in [2.75, 3.05) is 9.80 Å². The van der Waals surface area contributed by atoms with E-state index < -0.39 is 0 Å². The SMILES string of the molecule is C1=CC2=C(N(C3=CC4Oc5cc(N(c6ccc(-c7ccccc7)cc6)c6cccc7ccccc67)cc6cccc(c56)C4C=C3)c3ccc(C4=CC=CCC4)cc3)C=CCC2C=1. The quantitative estimate of drug-likeness (QED) is 0.143. The van der Waals surface area contributed by atoms with Crippen molar-refractivity contribution in [2.45, 2.75) is 31.3 Å². The van der Waals surface area contributed by atoms with Crippen LogP contribution in [-0.2, 0) is 0 Å². The van der Waals surface area contributed by atoms with E-state index in [0.717, 1.165) is 53.5 Å². The van der Waals surface area contributed by atoms with Gasteiger partial charge in [-0.15, -0.1) is 5.73 Å². The van der Waals surface area contributed by atoms with Crippen LogP contribution >= 0.6 is 0 Å². The fourth-order valence-corrected chi connectivity index (χ4v) is 10.1. The van der Waals surface area contributed by atoms with E-state index in [1.165, 1.54) is 60.6 Å². The lowest BCUT2D eigenvalue weighted by molar-refractivity contribution is 0.226. The third-order valence-electron chi connectivity index (χ3n) is 13.1. The summed E-state index contributed by atoms with van der Waals surface area (Å²) in [5, 5.41) is 4.74. The summed E-state index contributed by atoms with van der Waals surface area (Å²) in [4.78, 5) is 4.82. The molecule has 296 valence electrons. The van der Waals surface area contributed by atoms with Gasteiger partial charge in [-0.3, -0.25) is 0 Å². The Morgan fingerprint density at radius 2 is 1.39 bits per heavy atom. The second kappa shape index (κ2) is 15.2. The first-order chi connectivity index (χ1) is 30.7. The number of nitrogens with zero attached hydrogens (tertiary/aromatic N) is 2. The van der Waals surface area contributed by atoms with E-state index in [1.807, 2.05) is 0 Å². The van der Waals surface area contributed by atoms with Crippen LogP contribution in [0.5, 0.6) is 5.75 Å². The molecule has 3 unspecified atom stereocenters. The molecule has 3 atom stereocenters. The molecule has 0 radical (unpaired) electrons. The first-order valence-corrected chi connectivity index (χ1v) is 21.9. The van der Waals surface area contributed by atoms with Crippen LogP contribution in [0.1, 0.15) is 36.3 Å². The predicted octanol–water partition coefficient (Wildman–Crippen LogP) is 15.2. The van der Waals surface area contributed by atoms with Crippen LogP contribution in [0.15, 0.2) is 235 Å². The third-order valence-corrected chi connectivity index (χ3v) is 13.1. The smallest absolute Gasteiger partial charge is 0.130 e. The number of hydrogen-bond acceptors (Lipinski definition) is 3. The summed E-state index contributed by atoms with van der Waals surface area (Å²) in [6.45, 7) is 0. The van der Waals surface area contributed by atoms with Gasteiger partial charge in [-0.05, 0) is 130 Å². The van der Waals surface area contributed by atoms with Gasteiger partial charge in [0.15, 0.2) is 0 Å². The number of anilines is 4. The van der Waals surface area contributed by atoms with Gasteiger partial charge in [0.1, 0.15) is 11.9 Å². The maximum Gasteiger partial charge on any atom is 0.130 e. The zero-order valence-electron chi connectivity index (χ0n) is 34.4. The van der Waals surface area contributed by atoms with Gasteiger partial charge >= 0.3 is 0 Å². The molecule has 0 aromatic heterocycles. The van der Waals surface area contributed by atoms with Crippen molar-refractivity contribution in [1.82, 2.24) is 0 Å². The lowest BCUT2D eigenvalue weighted by Gasteiger charge is -2.38. The molecule has 1 heterocycles. The second-order valence-electron chi connectivity index (χ2n) is 16.8. The minimum atomic E-state index is -0.202. The Hall–Kier alpha value is -7.58. The third kappa shape index (κ3) is 6.29. The summed E-state index contributed by atoms with van der Waals surface area (Å²) in [5.41, 5.74) is 17.8. The van der Waals surface area contributed by atoms with E-state index in [2.05, 4.69) is 228 Å². The molecule has 0 saturated carbocycles. The summed E-state index contributed by atoms with van der Waals surface area (Å²) in [6.07, 6.45) is 25.6. The number of ether oxygens (including phenoxy) is 1. The summed E-state index contributed by atoms with van der Waals surface area (Å²) in [5.74, 6) is 1.32. The zero-order chi connectivity index (χ0) is 41.0. The molecule has 7 aromatic rings. The van der Waals surface area contributed by atoms with E-state index >= 15 is 0 Å². The van der Waals surface area contributed by atoms with Gasteiger partial charge < -0.3 is 14.5 Å². The van der Waals surface area contributed by atoms with Gasteiger partial charge in [0.2, 0.25) is 0 Å². The molecule has 1 aliphatic heterocycles. The molecule has 0 saturated heterocycles. The normalized spacial score (nSPS) is 19.3. The maximum absolute atomic E-state index is 7.27. The molecule has 0 bridgehead atoms. The minimum absolute atomic E-state index is 0.0800. The van der Waals surface area contributed by atoms with Crippen molar-refractivity contribution in [2.24, 2.45) is 5.92 Å². The Balaban J connectivity index is 0.966. The molecule has 62 heavy (non-hydrogen) atoms. The molecule has 3 nitrogen and oxygen atoms in total. The number of benzene rings is 7. The van der Waals surface area contributed by atoms with Crippen LogP contribution in [0, 0.1) is 5.92 Å². The van der Waals surface area contributed by atoms with Crippen LogP contribution in [-0.4, -0.2) is 6.10 Å². The number of allylic oxidation sites excluding steroid dienone is 9. The van der Waals surface area contributed by atoms with Gasteiger partial charge in [-0.2, -0.15) is 0 Å².